The first-order valence-corrected chi connectivity index (χ1v) is 6.52. The minimum absolute atomic E-state index is 0.140. The lowest BCUT2D eigenvalue weighted by Gasteiger charge is -2.21. The van der Waals surface area contributed by atoms with Crippen molar-refractivity contribution in [3.05, 3.63) is 29.8 Å². The highest BCUT2D eigenvalue weighted by molar-refractivity contribution is 5.71. The fourth-order valence-corrected chi connectivity index (χ4v) is 1.75. The Labute approximate surface area is 114 Å². The van der Waals surface area contributed by atoms with E-state index in [4.69, 9.17) is 15.2 Å². The maximum Gasteiger partial charge on any atom is 0.308 e. The molecule has 0 unspecified atom stereocenters. The summed E-state index contributed by atoms with van der Waals surface area (Å²) < 4.78 is 10.8. The van der Waals surface area contributed by atoms with Crippen molar-refractivity contribution in [3.8, 4) is 5.75 Å². The van der Waals surface area contributed by atoms with E-state index in [1.54, 1.807) is 0 Å². The van der Waals surface area contributed by atoms with E-state index in [0.717, 1.165) is 11.3 Å². The van der Waals surface area contributed by atoms with Gasteiger partial charge < -0.3 is 15.2 Å². The molecule has 0 bridgehead atoms. The summed E-state index contributed by atoms with van der Waals surface area (Å²) >= 11 is 0. The highest BCUT2D eigenvalue weighted by Crippen LogP contribution is 2.26. The molecule has 0 aliphatic carbocycles. The van der Waals surface area contributed by atoms with Crippen LogP contribution in [-0.2, 0) is 9.53 Å². The van der Waals surface area contributed by atoms with Crippen molar-refractivity contribution in [3.63, 3.8) is 0 Å². The molecule has 1 aromatic rings. The van der Waals surface area contributed by atoms with Crippen molar-refractivity contribution in [2.24, 2.45) is 5.73 Å². The summed E-state index contributed by atoms with van der Waals surface area (Å²) in [6.45, 7) is 7.99. The van der Waals surface area contributed by atoms with E-state index >= 15 is 0 Å². The van der Waals surface area contributed by atoms with Gasteiger partial charge in [0.25, 0.3) is 0 Å². The Hall–Kier alpha value is -1.55. The Morgan fingerprint density at radius 3 is 2.53 bits per heavy atom. The largest absolute Gasteiger partial charge is 0.494 e. The first-order valence-electron chi connectivity index (χ1n) is 6.52. The molecule has 0 aliphatic rings. The molecule has 0 aromatic heterocycles. The van der Waals surface area contributed by atoms with Gasteiger partial charge in [-0.2, -0.15) is 0 Å². The number of carbonyl (C=O) groups is 1. The van der Waals surface area contributed by atoms with Crippen molar-refractivity contribution in [1.82, 2.24) is 0 Å². The van der Waals surface area contributed by atoms with E-state index in [9.17, 15) is 4.79 Å². The van der Waals surface area contributed by atoms with E-state index < -0.39 is 11.6 Å². The lowest BCUT2D eigenvalue weighted by molar-refractivity contribution is -0.155. The van der Waals surface area contributed by atoms with Crippen molar-refractivity contribution in [2.75, 3.05) is 6.61 Å². The number of benzene rings is 1. The second kappa shape index (κ2) is 6.57. The Bertz CT molecular complexity index is 424. The van der Waals surface area contributed by atoms with Crippen LogP contribution in [0.3, 0.4) is 0 Å². The average molecular weight is 265 g/mol. The second-order valence-electron chi connectivity index (χ2n) is 5.37. The molecule has 0 aliphatic heterocycles. The van der Waals surface area contributed by atoms with Crippen molar-refractivity contribution in [1.29, 1.82) is 0 Å². The van der Waals surface area contributed by atoms with Crippen LogP contribution in [0.1, 0.15) is 45.7 Å². The van der Waals surface area contributed by atoms with E-state index in [1.807, 2.05) is 52.0 Å². The molecule has 2 N–H and O–H groups in total. The number of carbonyl (C=O) groups excluding carboxylic acids is 1. The zero-order valence-corrected chi connectivity index (χ0v) is 12.1. The maximum absolute atomic E-state index is 11.8. The summed E-state index contributed by atoms with van der Waals surface area (Å²) in [6.07, 6.45) is 0.140. The molecule has 0 radical (unpaired) electrons. The van der Waals surface area contributed by atoms with Gasteiger partial charge in [0, 0.05) is 11.6 Å². The van der Waals surface area contributed by atoms with E-state index in [0.29, 0.717) is 6.61 Å². The monoisotopic (exact) mass is 265 g/mol. The topological polar surface area (TPSA) is 61.5 Å². The normalized spacial score (nSPS) is 12.9. The van der Waals surface area contributed by atoms with Gasteiger partial charge in [0.1, 0.15) is 11.4 Å². The lowest BCUT2D eigenvalue weighted by Crippen LogP contribution is -2.26. The van der Waals surface area contributed by atoms with Gasteiger partial charge in [-0.3, -0.25) is 4.79 Å². The van der Waals surface area contributed by atoms with Crippen LogP contribution in [0.25, 0.3) is 0 Å². The van der Waals surface area contributed by atoms with Gasteiger partial charge in [0.15, 0.2) is 0 Å². The highest BCUT2D eigenvalue weighted by atomic mass is 16.6. The molecule has 0 saturated heterocycles. The van der Waals surface area contributed by atoms with Gasteiger partial charge in [-0.25, -0.2) is 0 Å². The molecular weight excluding hydrogens is 242 g/mol. The highest BCUT2D eigenvalue weighted by Gasteiger charge is 2.21. The van der Waals surface area contributed by atoms with Crippen LogP contribution in [0.15, 0.2) is 24.3 Å². The van der Waals surface area contributed by atoms with E-state index in [1.165, 1.54) is 0 Å². The van der Waals surface area contributed by atoms with E-state index in [2.05, 4.69) is 0 Å². The number of rotatable bonds is 5. The minimum Gasteiger partial charge on any atom is -0.494 e. The second-order valence-corrected chi connectivity index (χ2v) is 5.37. The number of esters is 1. The number of nitrogens with two attached hydrogens (primary N) is 1. The van der Waals surface area contributed by atoms with Gasteiger partial charge in [-0.15, -0.1) is 0 Å². The molecule has 4 heteroatoms. The third-order valence-electron chi connectivity index (χ3n) is 2.42. The summed E-state index contributed by atoms with van der Waals surface area (Å²) in [4.78, 5) is 11.8. The quantitative estimate of drug-likeness (QED) is 0.832. The molecule has 1 aromatic carbocycles. The van der Waals surface area contributed by atoms with Gasteiger partial charge in [-0.1, -0.05) is 18.2 Å². The molecule has 0 heterocycles. The van der Waals surface area contributed by atoms with Crippen molar-refractivity contribution in [2.45, 2.75) is 45.8 Å². The summed E-state index contributed by atoms with van der Waals surface area (Å²) in [5, 5.41) is 0. The molecule has 0 spiro atoms. The van der Waals surface area contributed by atoms with Crippen LogP contribution in [0.4, 0.5) is 0 Å². The van der Waals surface area contributed by atoms with Crippen LogP contribution in [0.5, 0.6) is 5.75 Å². The standard InChI is InChI=1S/C15H23NO3/c1-5-18-13-9-7-6-8-11(13)12(16)10-14(17)19-15(2,3)4/h6-9,12H,5,10,16H2,1-4H3/t12-/m0/s1. The van der Waals surface area contributed by atoms with Gasteiger partial charge >= 0.3 is 5.97 Å². The Morgan fingerprint density at radius 2 is 1.95 bits per heavy atom. The first kappa shape index (κ1) is 15.5. The average Bonchev–Trinajstić information content (AvgIpc) is 2.27. The SMILES string of the molecule is CCOc1ccccc1[C@@H](N)CC(=O)OC(C)(C)C. The Morgan fingerprint density at radius 1 is 1.32 bits per heavy atom. The number of hydrogen-bond donors (Lipinski definition) is 1. The molecular formula is C15H23NO3. The van der Waals surface area contributed by atoms with Crippen LogP contribution in [-0.4, -0.2) is 18.2 Å². The third-order valence-corrected chi connectivity index (χ3v) is 2.42. The fraction of sp³-hybridized carbons (Fsp3) is 0.533. The number of hydrogen-bond acceptors (Lipinski definition) is 4. The van der Waals surface area contributed by atoms with Crippen LogP contribution < -0.4 is 10.5 Å². The van der Waals surface area contributed by atoms with Gasteiger partial charge in [0.05, 0.1) is 13.0 Å². The first-order chi connectivity index (χ1) is 8.83. The molecule has 1 atom stereocenters. The Balaban J connectivity index is 2.72. The lowest BCUT2D eigenvalue weighted by atomic mass is 10.0. The van der Waals surface area contributed by atoms with E-state index in [-0.39, 0.29) is 12.4 Å². The number of para-hydroxylation sites is 1. The fourth-order valence-electron chi connectivity index (χ4n) is 1.75. The smallest absolute Gasteiger partial charge is 0.308 e. The molecule has 19 heavy (non-hydrogen) atoms. The van der Waals surface area contributed by atoms with Crippen LogP contribution >= 0.6 is 0 Å². The molecule has 4 nitrogen and oxygen atoms in total. The molecule has 0 amide bonds. The molecule has 106 valence electrons. The predicted molar refractivity (Wildman–Crippen MR) is 75.0 cm³/mol. The summed E-state index contributed by atoms with van der Waals surface area (Å²) in [5.41, 5.74) is 6.40. The summed E-state index contributed by atoms with van der Waals surface area (Å²) in [5.74, 6) is 0.423. The van der Waals surface area contributed by atoms with Crippen molar-refractivity contribution >= 4 is 5.97 Å². The van der Waals surface area contributed by atoms with Crippen molar-refractivity contribution < 1.29 is 14.3 Å². The van der Waals surface area contributed by atoms with Crippen LogP contribution in [0.2, 0.25) is 0 Å². The van der Waals surface area contributed by atoms with Gasteiger partial charge in [0.2, 0.25) is 0 Å². The van der Waals surface area contributed by atoms with Gasteiger partial charge in [-0.05, 0) is 33.8 Å². The predicted octanol–water partition coefficient (Wildman–Crippen LogP) is 2.82. The molecule has 0 saturated carbocycles. The summed E-state index contributed by atoms with van der Waals surface area (Å²) in [6, 6.07) is 7.08. The molecule has 0 fully saturated rings. The minimum atomic E-state index is -0.490. The Kier molecular flexibility index (Phi) is 5.36. The molecule has 1 rings (SSSR count). The zero-order valence-electron chi connectivity index (χ0n) is 12.1. The maximum atomic E-state index is 11.8. The number of ether oxygens (including phenoxy) is 2. The summed E-state index contributed by atoms with van der Waals surface area (Å²) in [7, 11) is 0. The third kappa shape index (κ3) is 5.30. The zero-order chi connectivity index (χ0) is 14.5. The van der Waals surface area contributed by atoms with Crippen LogP contribution in [0, 0.1) is 0 Å².